The Bertz CT molecular complexity index is 1370. The SMILES string of the molecule is COC(=O)C1=C(CF)NC(COCCn2c(C)nc(C)c2C)=C(C(=O)O)C1c1c(F)ccc(Cl)c1C(F)(F)F. The Morgan fingerprint density at radius 2 is 1.85 bits per heavy atom. The number of halogens is 6. The highest BCUT2D eigenvalue weighted by atomic mass is 35.5. The number of carboxylic acid groups (broad SMARTS) is 1. The van der Waals surface area contributed by atoms with Crippen LogP contribution < -0.4 is 5.32 Å². The van der Waals surface area contributed by atoms with Crippen LogP contribution in [0.15, 0.2) is 34.7 Å². The van der Waals surface area contributed by atoms with Crippen LogP contribution in [0.2, 0.25) is 5.02 Å². The number of carboxylic acids is 1. The van der Waals surface area contributed by atoms with Crippen LogP contribution in [-0.2, 0) is 31.8 Å². The maximum absolute atomic E-state index is 15.1. The summed E-state index contributed by atoms with van der Waals surface area (Å²) in [5.74, 6) is -6.17. The van der Waals surface area contributed by atoms with Gasteiger partial charge >= 0.3 is 18.1 Å². The van der Waals surface area contributed by atoms with E-state index in [9.17, 15) is 32.3 Å². The van der Waals surface area contributed by atoms with Gasteiger partial charge in [-0.2, -0.15) is 13.2 Å². The number of carbonyl (C=O) groups excluding carboxylic acids is 1. The normalized spacial score (nSPS) is 16.0. The molecule has 1 aromatic heterocycles. The summed E-state index contributed by atoms with van der Waals surface area (Å²) in [5.41, 5.74) is -3.93. The first-order valence-electron chi connectivity index (χ1n) is 11.5. The Kier molecular flexibility index (Phi) is 9.06. The zero-order valence-corrected chi connectivity index (χ0v) is 22.1. The Morgan fingerprint density at radius 1 is 1.18 bits per heavy atom. The van der Waals surface area contributed by atoms with E-state index in [-0.39, 0.29) is 12.3 Å². The second-order valence-electron chi connectivity index (χ2n) is 8.62. The smallest absolute Gasteiger partial charge is 0.418 e. The fourth-order valence-corrected chi connectivity index (χ4v) is 4.81. The fraction of sp³-hybridized carbons (Fsp3) is 0.400. The van der Waals surface area contributed by atoms with E-state index in [0.29, 0.717) is 24.5 Å². The number of imidazole rings is 1. The minimum Gasteiger partial charge on any atom is -0.478 e. The average molecular weight is 578 g/mol. The number of nitrogens with one attached hydrogen (secondary N) is 1. The number of methoxy groups -OCH3 is 1. The van der Waals surface area contributed by atoms with Crippen molar-refractivity contribution < 1.29 is 46.1 Å². The number of dihydropyridines is 1. The van der Waals surface area contributed by atoms with E-state index in [2.05, 4.69) is 15.0 Å². The van der Waals surface area contributed by atoms with Crippen molar-refractivity contribution in [3.63, 3.8) is 0 Å². The molecule has 1 unspecified atom stereocenters. The molecule has 1 atom stereocenters. The topological polar surface area (TPSA) is 103 Å². The first-order valence-corrected chi connectivity index (χ1v) is 11.9. The Labute approximate surface area is 225 Å². The molecule has 0 saturated heterocycles. The van der Waals surface area contributed by atoms with Gasteiger partial charge in [-0.15, -0.1) is 0 Å². The second kappa shape index (κ2) is 11.7. The molecule has 0 amide bonds. The maximum atomic E-state index is 15.1. The van der Waals surface area contributed by atoms with Crippen molar-refractivity contribution in [1.82, 2.24) is 14.9 Å². The molecule has 0 spiro atoms. The molecule has 39 heavy (non-hydrogen) atoms. The fourth-order valence-electron chi connectivity index (χ4n) is 4.54. The third-order valence-electron chi connectivity index (χ3n) is 6.37. The first kappa shape index (κ1) is 30.1. The molecule has 212 valence electrons. The number of esters is 1. The lowest BCUT2D eigenvalue weighted by molar-refractivity contribution is -0.140. The summed E-state index contributed by atoms with van der Waals surface area (Å²) in [6.45, 7) is 3.79. The van der Waals surface area contributed by atoms with Gasteiger partial charge in [0, 0.05) is 17.8 Å². The third kappa shape index (κ3) is 5.93. The van der Waals surface area contributed by atoms with Gasteiger partial charge in [-0.05, 0) is 32.9 Å². The number of alkyl halides is 4. The predicted molar refractivity (Wildman–Crippen MR) is 129 cm³/mol. The molecule has 0 aliphatic carbocycles. The highest BCUT2D eigenvalue weighted by Crippen LogP contribution is 2.47. The third-order valence-corrected chi connectivity index (χ3v) is 6.68. The van der Waals surface area contributed by atoms with Crippen LogP contribution in [0.5, 0.6) is 0 Å². The zero-order chi connectivity index (χ0) is 29.2. The lowest BCUT2D eigenvalue weighted by Crippen LogP contribution is -2.36. The van der Waals surface area contributed by atoms with E-state index in [1.54, 1.807) is 6.92 Å². The van der Waals surface area contributed by atoms with Crippen molar-refractivity contribution >= 4 is 23.5 Å². The van der Waals surface area contributed by atoms with Crippen LogP contribution in [0.3, 0.4) is 0 Å². The number of aliphatic carboxylic acids is 1. The lowest BCUT2D eigenvalue weighted by atomic mass is 9.78. The van der Waals surface area contributed by atoms with E-state index < -0.39 is 76.1 Å². The van der Waals surface area contributed by atoms with Crippen molar-refractivity contribution in [2.75, 3.05) is 27.0 Å². The van der Waals surface area contributed by atoms with E-state index in [1.165, 1.54) is 0 Å². The average Bonchev–Trinajstić information content (AvgIpc) is 3.10. The molecule has 2 N–H and O–H groups in total. The van der Waals surface area contributed by atoms with E-state index in [1.807, 2.05) is 18.4 Å². The van der Waals surface area contributed by atoms with Crippen LogP contribution in [0.4, 0.5) is 22.0 Å². The summed E-state index contributed by atoms with van der Waals surface area (Å²) in [7, 11) is 0.867. The highest BCUT2D eigenvalue weighted by Gasteiger charge is 2.46. The summed E-state index contributed by atoms with van der Waals surface area (Å²) in [4.78, 5) is 29.4. The standard InChI is InChI=1S/C25H25ClF5N3O5/c1-11-12(2)34(13(3)32-11)7-8-39-10-17-19(23(35)36)21(20(24(37)38-4)16(9-27)33-17)18-15(28)6-5-14(26)22(18)25(29,30)31/h5-6,21,33H,7-10H2,1-4H3,(H,35,36). The number of nitrogens with zero attached hydrogens (tertiary/aromatic N) is 2. The number of ether oxygens (including phenoxy) is 2. The number of rotatable bonds is 9. The predicted octanol–water partition coefficient (Wildman–Crippen LogP) is 4.76. The van der Waals surface area contributed by atoms with Crippen LogP contribution >= 0.6 is 11.6 Å². The molecule has 1 aromatic carbocycles. The monoisotopic (exact) mass is 577 g/mol. The molecule has 0 radical (unpaired) electrons. The first-order chi connectivity index (χ1) is 18.2. The summed E-state index contributed by atoms with van der Waals surface area (Å²) in [6, 6.07) is 1.25. The van der Waals surface area contributed by atoms with Crippen molar-refractivity contribution in [2.45, 2.75) is 39.4 Å². The van der Waals surface area contributed by atoms with Crippen molar-refractivity contribution in [2.24, 2.45) is 0 Å². The molecular formula is C25H25ClF5N3O5. The van der Waals surface area contributed by atoms with Gasteiger partial charge in [0.1, 0.15) is 18.3 Å². The molecule has 0 fully saturated rings. The summed E-state index contributed by atoms with van der Waals surface area (Å²) in [5, 5.41) is 11.6. The highest BCUT2D eigenvalue weighted by molar-refractivity contribution is 6.31. The van der Waals surface area contributed by atoms with Gasteiger partial charge in [-0.3, -0.25) is 0 Å². The number of hydrogen-bond acceptors (Lipinski definition) is 6. The Hall–Kier alpha value is -3.45. The summed E-state index contributed by atoms with van der Waals surface area (Å²) >= 11 is 5.78. The van der Waals surface area contributed by atoms with Crippen molar-refractivity contribution in [3.05, 3.63) is 73.9 Å². The Morgan fingerprint density at radius 3 is 2.36 bits per heavy atom. The van der Waals surface area contributed by atoms with E-state index >= 15 is 4.39 Å². The van der Waals surface area contributed by atoms with Gasteiger partial charge in [-0.25, -0.2) is 23.4 Å². The molecular weight excluding hydrogens is 553 g/mol. The molecule has 8 nitrogen and oxygen atoms in total. The zero-order valence-electron chi connectivity index (χ0n) is 21.3. The van der Waals surface area contributed by atoms with Gasteiger partial charge in [0.2, 0.25) is 0 Å². The largest absolute Gasteiger partial charge is 0.478 e. The molecule has 0 bridgehead atoms. The van der Waals surface area contributed by atoms with Gasteiger partial charge in [0.15, 0.2) is 0 Å². The molecule has 3 rings (SSSR count). The van der Waals surface area contributed by atoms with Crippen molar-refractivity contribution in [3.8, 4) is 0 Å². The number of benzene rings is 1. The molecule has 1 aliphatic heterocycles. The van der Waals surface area contributed by atoms with Gasteiger partial charge in [0.25, 0.3) is 0 Å². The van der Waals surface area contributed by atoms with E-state index in [0.717, 1.165) is 18.5 Å². The minimum absolute atomic E-state index is 0.0120. The van der Waals surface area contributed by atoms with Gasteiger partial charge in [0.05, 0.1) is 65.1 Å². The minimum atomic E-state index is -5.25. The Balaban J connectivity index is 2.14. The summed E-state index contributed by atoms with van der Waals surface area (Å²) < 4.78 is 83.5. The molecule has 2 aromatic rings. The van der Waals surface area contributed by atoms with Crippen LogP contribution in [0.1, 0.15) is 34.3 Å². The van der Waals surface area contributed by atoms with Gasteiger partial charge < -0.3 is 24.5 Å². The quantitative estimate of drug-likeness (QED) is 0.252. The lowest BCUT2D eigenvalue weighted by Gasteiger charge is -2.32. The molecule has 2 heterocycles. The molecule has 1 aliphatic rings. The maximum Gasteiger partial charge on any atom is 0.418 e. The van der Waals surface area contributed by atoms with Crippen molar-refractivity contribution in [1.29, 1.82) is 0 Å². The number of allylic oxidation sites excluding steroid dienone is 1. The van der Waals surface area contributed by atoms with Crippen LogP contribution in [-0.4, -0.2) is 53.6 Å². The van der Waals surface area contributed by atoms with Gasteiger partial charge in [-0.1, -0.05) is 11.6 Å². The number of aryl methyl sites for hydroxylation is 2. The number of aromatic nitrogens is 2. The van der Waals surface area contributed by atoms with E-state index in [4.69, 9.17) is 16.3 Å². The number of hydrogen-bond donors (Lipinski definition) is 2. The molecule has 0 saturated carbocycles. The van der Waals surface area contributed by atoms with Crippen LogP contribution in [0, 0.1) is 26.6 Å². The molecule has 14 heteroatoms. The van der Waals surface area contributed by atoms with Crippen LogP contribution in [0.25, 0.3) is 0 Å². The number of carbonyl (C=O) groups is 2. The second-order valence-corrected chi connectivity index (χ2v) is 9.03. The summed E-state index contributed by atoms with van der Waals surface area (Å²) in [6.07, 6.45) is -5.25.